The molecule has 4 heteroatoms. The lowest BCUT2D eigenvalue weighted by Crippen LogP contribution is -2.29. The van der Waals surface area contributed by atoms with Gasteiger partial charge in [-0.2, -0.15) is 0 Å². The van der Waals surface area contributed by atoms with E-state index in [1.54, 1.807) is 25.3 Å². The summed E-state index contributed by atoms with van der Waals surface area (Å²) in [5.41, 5.74) is 5.67. The van der Waals surface area contributed by atoms with Crippen LogP contribution >= 0.6 is 0 Å². The van der Waals surface area contributed by atoms with Crippen molar-refractivity contribution in [1.82, 2.24) is 10.4 Å². The smallest absolute Gasteiger partial charge is 0.131 e. The van der Waals surface area contributed by atoms with Crippen molar-refractivity contribution in [2.24, 2.45) is 5.84 Å². The van der Waals surface area contributed by atoms with E-state index in [0.717, 1.165) is 16.5 Å². The van der Waals surface area contributed by atoms with E-state index in [9.17, 15) is 4.39 Å². The first kappa shape index (κ1) is 13.7. The summed E-state index contributed by atoms with van der Waals surface area (Å²) in [4.78, 5) is 4.29. The Morgan fingerprint density at radius 3 is 2.81 bits per heavy atom. The van der Waals surface area contributed by atoms with Crippen LogP contribution in [0.4, 0.5) is 4.39 Å². The summed E-state index contributed by atoms with van der Waals surface area (Å²) >= 11 is 0. The predicted molar refractivity (Wildman–Crippen MR) is 82.0 cm³/mol. The Morgan fingerprint density at radius 2 is 2.00 bits per heavy atom. The summed E-state index contributed by atoms with van der Waals surface area (Å²) in [5, 5.41) is 1.00. The van der Waals surface area contributed by atoms with Crippen molar-refractivity contribution in [3.8, 4) is 0 Å². The highest BCUT2D eigenvalue weighted by Crippen LogP contribution is 2.27. The molecule has 2 aromatic carbocycles. The van der Waals surface area contributed by atoms with Crippen molar-refractivity contribution in [3.63, 3.8) is 0 Å². The van der Waals surface area contributed by atoms with Gasteiger partial charge in [0.2, 0.25) is 0 Å². The van der Waals surface area contributed by atoms with Crippen molar-refractivity contribution >= 4 is 10.9 Å². The minimum atomic E-state index is -0.394. The average molecular weight is 281 g/mol. The Morgan fingerprint density at radius 1 is 1.14 bits per heavy atom. The maximum Gasteiger partial charge on any atom is 0.131 e. The molecule has 3 aromatic rings. The molecule has 0 radical (unpaired) electrons. The van der Waals surface area contributed by atoms with Gasteiger partial charge in [-0.25, -0.2) is 9.82 Å². The molecule has 0 aliphatic heterocycles. The second-order valence-corrected chi connectivity index (χ2v) is 5.03. The lowest BCUT2D eigenvalue weighted by Gasteiger charge is -2.19. The molecule has 0 saturated carbocycles. The van der Waals surface area contributed by atoms with Crippen LogP contribution in [0.2, 0.25) is 0 Å². The van der Waals surface area contributed by atoms with Crippen molar-refractivity contribution < 1.29 is 4.39 Å². The zero-order valence-corrected chi connectivity index (χ0v) is 11.7. The normalized spacial score (nSPS) is 12.5. The molecule has 0 amide bonds. The lowest BCUT2D eigenvalue weighted by molar-refractivity contribution is 0.555. The van der Waals surface area contributed by atoms with Gasteiger partial charge in [-0.3, -0.25) is 10.8 Å². The molecular weight excluding hydrogens is 265 g/mol. The Kier molecular flexibility index (Phi) is 3.64. The molecule has 106 valence electrons. The largest absolute Gasteiger partial charge is 0.271 e. The van der Waals surface area contributed by atoms with E-state index in [1.807, 2.05) is 36.4 Å². The zero-order valence-electron chi connectivity index (χ0n) is 11.7. The first-order chi connectivity index (χ1) is 10.2. The van der Waals surface area contributed by atoms with E-state index in [-0.39, 0.29) is 5.82 Å². The predicted octanol–water partition coefficient (Wildman–Crippen LogP) is 3.24. The summed E-state index contributed by atoms with van der Waals surface area (Å²) in [5.74, 6) is 5.44. The van der Waals surface area contributed by atoms with Crippen LogP contribution in [0, 0.1) is 12.7 Å². The number of halogens is 1. The highest BCUT2D eigenvalue weighted by atomic mass is 19.1. The quantitative estimate of drug-likeness (QED) is 0.572. The van der Waals surface area contributed by atoms with Crippen molar-refractivity contribution in [2.75, 3.05) is 0 Å². The molecule has 0 bridgehead atoms. The third kappa shape index (κ3) is 2.51. The molecule has 1 aromatic heterocycles. The van der Waals surface area contributed by atoms with Crippen LogP contribution in [-0.4, -0.2) is 4.98 Å². The first-order valence-electron chi connectivity index (χ1n) is 6.76. The number of fused-ring (bicyclic) bond motifs is 1. The number of rotatable bonds is 3. The molecule has 3 rings (SSSR count). The van der Waals surface area contributed by atoms with Crippen LogP contribution in [0.1, 0.15) is 22.7 Å². The van der Waals surface area contributed by atoms with Crippen LogP contribution in [0.25, 0.3) is 10.9 Å². The minimum absolute atomic E-state index is 0.230. The summed E-state index contributed by atoms with van der Waals surface area (Å²) in [7, 11) is 0. The van der Waals surface area contributed by atoms with E-state index in [1.165, 1.54) is 0 Å². The fourth-order valence-corrected chi connectivity index (χ4v) is 2.53. The van der Waals surface area contributed by atoms with E-state index in [0.29, 0.717) is 11.1 Å². The Hall–Kier alpha value is -2.30. The number of nitrogens with two attached hydrogens (primary N) is 1. The number of nitrogens with one attached hydrogen (secondary N) is 1. The SMILES string of the molecule is Cc1cccc(C(NN)c2ccc3ncccc3c2)c1F. The monoisotopic (exact) mass is 281 g/mol. The first-order valence-corrected chi connectivity index (χ1v) is 6.76. The highest BCUT2D eigenvalue weighted by Gasteiger charge is 2.17. The van der Waals surface area contributed by atoms with Crippen LogP contribution in [0.15, 0.2) is 54.7 Å². The summed E-state index contributed by atoms with van der Waals surface area (Å²) < 4.78 is 14.3. The topological polar surface area (TPSA) is 50.9 Å². The Balaban J connectivity index is 2.11. The fourth-order valence-electron chi connectivity index (χ4n) is 2.53. The second kappa shape index (κ2) is 5.60. The van der Waals surface area contributed by atoms with Crippen molar-refractivity contribution in [2.45, 2.75) is 13.0 Å². The molecule has 0 aliphatic rings. The molecule has 21 heavy (non-hydrogen) atoms. The second-order valence-electron chi connectivity index (χ2n) is 5.03. The van der Waals surface area contributed by atoms with Gasteiger partial charge in [0.25, 0.3) is 0 Å². The van der Waals surface area contributed by atoms with Gasteiger partial charge in [0, 0.05) is 17.1 Å². The van der Waals surface area contributed by atoms with E-state index < -0.39 is 6.04 Å². The number of nitrogens with zero attached hydrogens (tertiary/aromatic N) is 1. The van der Waals surface area contributed by atoms with Crippen LogP contribution < -0.4 is 11.3 Å². The molecule has 0 aliphatic carbocycles. The molecule has 0 spiro atoms. The van der Waals surface area contributed by atoms with E-state index in [2.05, 4.69) is 10.4 Å². The maximum atomic E-state index is 14.3. The molecule has 1 heterocycles. The number of benzene rings is 2. The number of hydrogen-bond donors (Lipinski definition) is 2. The molecular formula is C17H16FN3. The molecule has 3 nitrogen and oxygen atoms in total. The summed E-state index contributed by atoms with van der Waals surface area (Å²) in [6, 6.07) is 14.6. The number of aryl methyl sites for hydroxylation is 1. The minimum Gasteiger partial charge on any atom is -0.271 e. The fraction of sp³-hybridized carbons (Fsp3) is 0.118. The van der Waals surface area contributed by atoms with Crippen LogP contribution in [0.3, 0.4) is 0 Å². The van der Waals surface area contributed by atoms with Crippen LogP contribution in [-0.2, 0) is 0 Å². The number of pyridine rings is 1. The lowest BCUT2D eigenvalue weighted by atomic mass is 9.96. The molecule has 0 saturated heterocycles. The average Bonchev–Trinajstić information content (AvgIpc) is 2.52. The maximum absolute atomic E-state index is 14.3. The molecule has 1 atom stereocenters. The van der Waals surface area contributed by atoms with Crippen LogP contribution in [0.5, 0.6) is 0 Å². The van der Waals surface area contributed by atoms with Gasteiger partial charge in [0.1, 0.15) is 5.82 Å². The van der Waals surface area contributed by atoms with Gasteiger partial charge >= 0.3 is 0 Å². The molecule has 0 fully saturated rings. The van der Waals surface area contributed by atoms with Gasteiger partial charge < -0.3 is 0 Å². The Labute approximate surface area is 122 Å². The van der Waals surface area contributed by atoms with Gasteiger partial charge in [-0.1, -0.05) is 30.3 Å². The standard InChI is InChI=1S/C17H16FN3/c1-11-4-2-6-14(16(11)18)17(21-19)13-7-8-15-12(10-13)5-3-9-20-15/h2-10,17,21H,19H2,1H3. The van der Waals surface area contributed by atoms with Crippen molar-refractivity contribution in [3.05, 3.63) is 77.2 Å². The summed E-state index contributed by atoms with van der Waals surface area (Å²) in [6.07, 6.45) is 1.75. The number of hydrazine groups is 1. The number of hydrogen-bond acceptors (Lipinski definition) is 3. The number of aromatic nitrogens is 1. The van der Waals surface area contributed by atoms with Gasteiger partial charge in [-0.05, 0) is 36.2 Å². The third-order valence-electron chi connectivity index (χ3n) is 3.66. The zero-order chi connectivity index (χ0) is 14.8. The van der Waals surface area contributed by atoms with Gasteiger partial charge in [0.15, 0.2) is 0 Å². The summed E-state index contributed by atoms with van der Waals surface area (Å²) in [6.45, 7) is 1.75. The molecule has 1 unspecified atom stereocenters. The highest BCUT2D eigenvalue weighted by molar-refractivity contribution is 5.79. The van der Waals surface area contributed by atoms with Gasteiger partial charge in [-0.15, -0.1) is 0 Å². The van der Waals surface area contributed by atoms with Crippen molar-refractivity contribution in [1.29, 1.82) is 0 Å². The van der Waals surface area contributed by atoms with E-state index in [4.69, 9.17) is 5.84 Å². The Bertz CT molecular complexity index is 786. The third-order valence-corrected chi connectivity index (χ3v) is 3.66. The van der Waals surface area contributed by atoms with Gasteiger partial charge in [0.05, 0.1) is 11.6 Å². The molecule has 3 N–H and O–H groups in total. The van der Waals surface area contributed by atoms with E-state index >= 15 is 0 Å².